The van der Waals surface area contributed by atoms with Gasteiger partial charge in [-0.15, -0.1) is 0 Å². The largest absolute Gasteiger partial charge is 0.397 e. The van der Waals surface area contributed by atoms with E-state index in [0.29, 0.717) is 12.3 Å². The fraction of sp³-hybridized carbons (Fsp3) is 0.500. The van der Waals surface area contributed by atoms with E-state index in [-0.39, 0.29) is 0 Å². The van der Waals surface area contributed by atoms with Crippen molar-refractivity contribution in [2.75, 3.05) is 21.1 Å². The smallest absolute Gasteiger partial charge is 0.104 e. The van der Waals surface area contributed by atoms with Crippen LogP contribution in [0, 0.1) is 5.41 Å². The minimum absolute atomic E-state index is 0.553. The van der Waals surface area contributed by atoms with E-state index in [0.717, 1.165) is 17.1 Å². The summed E-state index contributed by atoms with van der Waals surface area (Å²) in [4.78, 5) is 3.84. The molecule has 0 bridgehead atoms. The minimum Gasteiger partial charge on any atom is -0.397 e. The van der Waals surface area contributed by atoms with Crippen LogP contribution in [0.1, 0.15) is 54.9 Å². The predicted molar refractivity (Wildman–Crippen MR) is 122 cm³/mol. The second kappa shape index (κ2) is 22.8. The lowest BCUT2D eigenvalue weighted by molar-refractivity contribution is 0.508. The van der Waals surface area contributed by atoms with Crippen LogP contribution in [-0.2, 0) is 0 Å². The van der Waals surface area contributed by atoms with Crippen LogP contribution in [-0.4, -0.2) is 36.8 Å². The third kappa shape index (κ3) is 18.1. The van der Waals surface area contributed by atoms with Crippen molar-refractivity contribution in [1.29, 1.82) is 5.41 Å². The lowest BCUT2D eigenvalue weighted by Gasteiger charge is -2.19. The van der Waals surface area contributed by atoms with Crippen molar-refractivity contribution < 1.29 is 0 Å². The molecule has 0 saturated carbocycles. The van der Waals surface area contributed by atoms with Gasteiger partial charge >= 0.3 is 0 Å². The van der Waals surface area contributed by atoms with Crippen LogP contribution in [0.4, 0.5) is 0 Å². The predicted octanol–water partition coefficient (Wildman–Crippen LogP) is 5.93. The van der Waals surface area contributed by atoms with Crippen molar-refractivity contribution in [3.05, 3.63) is 60.6 Å². The Morgan fingerprint density at radius 3 is 1.73 bits per heavy atom. The minimum atomic E-state index is 0.553. The molecule has 0 atom stereocenters. The molecule has 4 heteroatoms. The van der Waals surface area contributed by atoms with Gasteiger partial charge in [-0.05, 0) is 26.8 Å². The van der Waals surface area contributed by atoms with Gasteiger partial charge in [0.2, 0.25) is 0 Å². The van der Waals surface area contributed by atoms with Gasteiger partial charge < -0.3 is 15.5 Å². The fourth-order valence-electron chi connectivity index (χ4n) is 1.22. The Labute approximate surface area is 164 Å². The van der Waals surface area contributed by atoms with Crippen molar-refractivity contribution in [3.8, 4) is 0 Å². The zero-order valence-corrected chi connectivity index (χ0v) is 19.0. The second-order valence-corrected chi connectivity index (χ2v) is 4.95. The maximum atomic E-state index is 7.93. The molecule has 0 unspecified atom stereocenters. The molecule has 0 radical (unpaired) electrons. The van der Waals surface area contributed by atoms with E-state index in [9.17, 15) is 0 Å². The SMILES string of the molecule is C/C=C(\C)N(C)C(=N)C/C=C\C(N)=C(/C)N(C)C.C=CC=C.CC.CC. The van der Waals surface area contributed by atoms with Gasteiger partial charge in [-0.2, -0.15) is 0 Å². The maximum Gasteiger partial charge on any atom is 0.104 e. The zero-order valence-electron chi connectivity index (χ0n) is 19.0. The van der Waals surface area contributed by atoms with Crippen molar-refractivity contribution in [2.45, 2.75) is 54.9 Å². The number of hydrogen-bond acceptors (Lipinski definition) is 3. The van der Waals surface area contributed by atoms with Gasteiger partial charge in [0.1, 0.15) is 5.84 Å². The number of rotatable bonds is 6. The van der Waals surface area contributed by atoms with Gasteiger partial charge in [-0.1, -0.05) is 65.2 Å². The second-order valence-electron chi connectivity index (χ2n) is 4.95. The maximum absolute atomic E-state index is 7.93. The van der Waals surface area contributed by atoms with Crippen LogP contribution in [0.3, 0.4) is 0 Å². The summed E-state index contributed by atoms with van der Waals surface area (Å²) in [5.74, 6) is 0.553. The molecule has 0 spiro atoms. The van der Waals surface area contributed by atoms with Gasteiger partial charge in [0.15, 0.2) is 0 Å². The lowest BCUT2D eigenvalue weighted by Crippen LogP contribution is -2.23. The molecule has 0 fully saturated rings. The first-order valence-corrected chi connectivity index (χ1v) is 9.20. The summed E-state index contributed by atoms with van der Waals surface area (Å²) in [6.45, 7) is 20.7. The Balaban J connectivity index is -0.000000258. The molecular formula is C22H44N4. The summed E-state index contributed by atoms with van der Waals surface area (Å²) in [6.07, 6.45) is 9.62. The quantitative estimate of drug-likeness (QED) is 0.349. The number of hydrogen-bond donors (Lipinski definition) is 2. The molecule has 4 nitrogen and oxygen atoms in total. The molecule has 0 amide bonds. The van der Waals surface area contributed by atoms with Crippen LogP contribution in [0.2, 0.25) is 0 Å². The third-order valence-electron chi connectivity index (χ3n) is 3.22. The number of nitrogens with two attached hydrogens (primary N) is 1. The molecule has 26 heavy (non-hydrogen) atoms. The van der Waals surface area contributed by atoms with E-state index < -0.39 is 0 Å². The molecule has 3 N–H and O–H groups in total. The lowest BCUT2D eigenvalue weighted by atomic mass is 10.2. The van der Waals surface area contributed by atoms with Gasteiger partial charge in [0.05, 0.1) is 5.70 Å². The molecule has 0 heterocycles. The Bertz CT molecular complexity index is 449. The number of amidine groups is 1. The number of allylic oxidation sites excluding steroid dienone is 6. The normalized spacial score (nSPS) is 10.6. The molecule has 0 aliphatic heterocycles. The first-order valence-electron chi connectivity index (χ1n) is 9.20. The Hall–Kier alpha value is -2.23. The van der Waals surface area contributed by atoms with E-state index in [1.54, 1.807) is 12.2 Å². The summed E-state index contributed by atoms with van der Waals surface area (Å²) in [6, 6.07) is 0. The summed E-state index contributed by atoms with van der Waals surface area (Å²) in [7, 11) is 5.82. The van der Waals surface area contributed by atoms with E-state index in [4.69, 9.17) is 11.1 Å². The molecule has 0 aliphatic carbocycles. The standard InChI is InChI=1S/C14H26N4.C4H6.2C2H6/c1-7-11(2)18(6)14(16)10-8-9-13(15)12(3)17(4)5;1-3-4-2;2*1-2/h7-9,16H,10,15H2,1-6H3;3-4H,1-2H2;2*1-2H3/b9-8-,11-7+,13-12-,16-14?;;;. The van der Waals surface area contributed by atoms with Gasteiger partial charge in [0.25, 0.3) is 0 Å². The average Bonchev–Trinajstić information content (AvgIpc) is 2.68. The summed E-state index contributed by atoms with van der Waals surface area (Å²) >= 11 is 0. The van der Waals surface area contributed by atoms with Crippen LogP contribution in [0.15, 0.2) is 60.6 Å². The van der Waals surface area contributed by atoms with Crippen LogP contribution >= 0.6 is 0 Å². The van der Waals surface area contributed by atoms with Gasteiger partial charge in [-0.3, -0.25) is 5.41 Å². The topological polar surface area (TPSA) is 56.4 Å². The molecule has 0 aromatic carbocycles. The van der Waals surface area contributed by atoms with E-state index in [2.05, 4.69) is 13.2 Å². The highest BCUT2D eigenvalue weighted by molar-refractivity contribution is 5.81. The van der Waals surface area contributed by atoms with Crippen molar-refractivity contribution in [3.63, 3.8) is 0 Å². The summed E-state index contributed by atoms with van der Waals surface area (Å²) in [5.41, 5.74) is 8.75. The summed E-state index contributed by atoms with van der Waals surface area (Å²) < 4.78 is 0. The Morgan fingerprint density at radius 2 is 1.42 bits per heavy atom. The molecular weight excluding hydrogens is 320 g/mol. The molecule has 152 valence electrons. The van der Waals surface area contributed by atoms with Crippen molar-refractivity contribution in [2.24, 2.45) is 5.73 Å². The van der Waals surface area contributed by atoms with E-state index >= 15 is 0 Å². The first-order chi connectivity index (χ1) is 12.2. The first kappa shape index (κ1) is 31.5. The van der Waals surface area contributed by atoms with Crippen molar-refractivity contribution >= 4 is 5.84 Å². The van der Waals surface area contributed by atoms with Crippen LogP contribution < -0.4 is 5.73 Å². The third-order valence-corrected chi connectivity index (χ3v) is 3.22. The fourth-order valence-corrected chi connectivity index (χ4v) is 1.22. The summed E-state index contributed by atoms with van der Waals surface area (Å²) in [5, 5.41) is 7.93. The highest BCUT2D eigenvalue weighted by Crippen LogP contribution is 2.06. The molecule has 0 aromatic heterocycles. The Morgan fingerprint density at radius 1 is 1.00 bits per heavy atom. The highest BCUT2D eigenvalue weighted by Gasteiger charge is 2.03. The average molecular weight is 365 g/mol. The molecule has 0 saturated heterocycles. The van der Waals surface area contributed by atoms with Gasteiger partial charge in [-0.25, -0.2) is 0 Å². The molecule has 0 aromatic rings. The van der Waals surface area contributed by atoms with E-state index in [1.807, 2.05) is 97.6 Å². The zero-order chi connectivity index (χ0) is 21.7. The molecule has 0 aliphatic rings. The monoisotopic (exact) mass is 364 g/mol. The Kier molecular flexibility index (Phi) is 27.6. The van der Waals surface area contributed by atoms with Gasteiger partial charge in [0, 0.05) is 39.0 Å². The molecule has 0 rings (SSSR count). The number of nitrogens with zero attached hydrogens (tertiary/aromatic N) is 2. The van der Waals surface area contributed by atoms with E-state index in [1.165, 1.54) is 0 Å². The van der Waals surface area contributed by atoms with Crippen molar-refractivity contribution in [1.82, 2.24) is 9.80 Å². The van der Waals surface area contributed by atoms with Crippen LogP contribution in [0.5, 0.6) is 0 Å². The number of nitrogens with one attached hydrogen (secondary N) is 1. The van der Waals surface area contributed by atoms with Crippen LogP contribution in [0.25, 0.3) is 0 Å². The highest BCUT2D eigenvalue weighted by atomic mass is 15.1.